The van der Waals surface area contributed by atoms with Crippen molar-refractivity contribution in [1.29, 1.82) is 0 Å². The van der Waals surface area contributed by atoms with Gasteiger partial charge in [-0.2, -0.15) is 0 Å². The van der Waals surface area contributed by atoms with Crippen LogP contribution in [-0.2, 0) is 9.47 Å². The Bertz CT molecular complexity index is 243. The Labute approximate surface area is 118 Å². The third kappa shape index (κ3) is 4.17. The summed E-state index contributed by atoms with van der Waals surface area (Å²) < 4.78 is 11.9. The smallest absolute Gasteiger partial charge is 0.0832 e. The lowest BCUT2D eigenvalue weighted by Crippen LogP contribution is -2.50. The van der Waals surface area contributed by atoms with Crippen molar-refractivity contribution in [2.24, 2.45) is 5.73 Å². The topological polar surface area (TPSA) is 44.5 Å². The predicted molar refractivity (Wildman–Crippen MR) is 78.2 cm³/mol. The number of hydrogen-bond donors (Lipinski definition) is 1. The van der Waals surface area contributed by atoms with Crippen molar-refractivity contribution in [3.63, 3.8) is 0 Å². The summed E-state index contributed by atoms with van der Waals surface area (Å²) in [7, 11) is 0. The Morgan fingerprint density at radius 2 is 1.95 bits per heavy atom. The third-order valence-corrected chi connectivity index (χ3v) is 4.88. The maximum Gasteiger partial charge on any atom is 0.0832 e. The molecule has 0 radical (unpaired) electrons. The fourth-order valence-corrected chi connectivity index (χ4v) is 3.74. The van der Waals surface area contributed by atoms with Gasteiger partial charge in [0.2, 0.25) is 0 Å². The maximum absolute atomic E-state index is 6.54. The van der Waals surface area contributed by atoms with Gasteiger partial charge in [0.05, 0.1) is 11.7 Å². The molecular formula is C16H31NO2. The zero-order valence-corrected chi connectivity index (χ0v) is 12.5. The molecule has 2 atom stereocenters. The van der Waals surface area contributed by atoms with Gasteiger partial charge >= 0.3 is 0 Å². The van der Waals surface area contributed by atoms with E-state index in [1.807, 2.05) is 0 Å². The van der Waals surface area contributed by atoms with Crippen LogP contribution < -0.4 is 5.73 Å². The van der Waals surface area contributed by atoms with Crippen molar-refractivity contribution in [3.8, 4) is 0 Å². The number of ether oxygens (including phenoxy) is 2. The van der Waals surface area contributed by atoms with E-state index in [9.17, 15) is 0 Å². The summed E-state index contributed by atoms with van der Waals surface area (Å²) in [5.41, 5.74) is 6.48. The van der Waals surface area contributed by atoms with Gasteiger partial charge in [-0.3, -0.25) is 0 Å². The van der Waals surface area contributed by atoms with Crippen LogP contribution in [0.2, 0.25) is 0 Å². The molecule has 112 valence electrons. The summed E-state index contributed by atoms with van der Waals surface area (Å²) in [6, 6.07) is 0.176. The lowest BCUT2D eigenvalue weighted by Gasteiger charge is -2.38. The molecule has 2 aliphatic rings. The Balaban J connectivity index is 1.88. The first kappa shape index (κ1) is 15.3. The molecule has 1 heterocycles. The second-order valence-electron chi connectivity index (χ2n) is 6.23. The summed E-state index contributed by atoms with van der Waals surface area (Å²) in [5.74, 6) is 0. The zero-order chi connectivity index (χ0) is 13.6. The Morgan fingerprint density at radius 3 is 2.53 bits per heavy atom. The van der Waals surface area contributed by atoms with Gasteiger partial charge in [-0.15, -0.1) is 0 Å². The first-order valence-electron chi connectivity index (χ1n) is 8.28. The summed E-state index contributed by atoms with van der Waals surface area (Å²) >= 11 is 0. The highest BCUT2D eigenvalue weighted by atomic mass is 16.5. The van der Waals surface area contributed by atoms with Crippen LogP contribution in [0.3, 0.4) is 0 Å². The molecule has 1 aliphatic carbocycles. The van der Waals surface area contributed by atoms with E-state index < -0.39 is 0 Å². The Kier molecular flexibility index (Phi) is 6.11. The quantitative estimate of drug-likeness (QED) is 0.752. The predicted octanol–water partition coefficient (Wildman–Crippen LogP) is 3.40. The highest BCUT2D eigenvalue weighted by Crippen LogP contribution is 2.35. The number of nitrogens with two attached hydrogens (primary N) is 1. The van der Waals surface area contributed by atoms with Crippen molar-refractivity contribution in [1.82, 2.24) is 0 Å². The monoisotopic (exact) mass is 269 g/mol. The van der Waals surface area contributed by atoms with Gasteiger partial charge in [-0.05, 0) is 45.4 Å². The SMILES string of the molecule is CCOC1(C(N)CCC2CCCO2)CCCCCC1. The van der Waals surface area contributed by atoms with E-state index in [-0.39, 0.29) is 11.6 Å². The molecule has 0 aromatic rings. The molecule has 19 heavy (non-hydrogen) atoms. The Morgan fingerprint density at radius 1 is 1.21 bits per heavy atom. The van der Waals surface area contributed by atoms with Crippen LogP contribution in [0.15, 0.2) is 0 Å². The second kappa shape index (κ2) is 7.61. The number of rotatable bonds is 6. The zero-order valence-electron chi connectivity index (χ0n) is 12.5. The van der Waals surface area contributed by atoms with Gasteiger partial charge < -0.3 is 15.2 Å². The van der Waals surface area contributed by atoms with E-state index in [0.717, 1.165) is 38.9 Å². The average molecular weight is 269 g/mol. The molecule has 1 aliphatic heterocycles. The minimum atomic E-state index is -0.0517. The van der Waals surface area contributed by atoms with Crippen LogP contribution in [-0.4, -0.2) is 31.0 Å². The van der Waals surface area contributed by atoms with Crippen molar-refractivity contribution in [2.45, 2.75) is 88.9 Å². The van der Waals surface area contributed by atoms with E-state index in [4.69, 9.17) is 15.2 Å². The van der Waals surface area contributed by atoms with Gasteiger partial charge in [0.25, 0.3) is 0 Å². The van der Waals surface area contributed by atoms with Gasteiger partial charge in [0, 0.05) is 19.3 Å². The molecule has 3 nitrogen and oxygen atoms in total. The molecule has 0 aromatic carbocycles. The summed E-state index contributed by atoms with van der Waals surface area (Å²) in [5, 5.41) is 0. The van der Waals surface area contributed by atoms with Gasteiger partial charge in [-0.25, -0.2) is 0 Å². The van der Waals surface area contributed by atoms with Crippen LogP contribution in [0.5, 0.6) is 0 Å². The van der Waals surface area contributed by atoms with E-state index in [2.05, 4.69) is 6.92 Å². The summed E-state index contributed by atoms with van der Waals surface area (Å²) in [6.07, 6.45) is 12.6. The summed E-state index contributed by atoms with van der Waals surface area (Å²) in [4.78, 5) is 0. The fraction of sp³-hybridized carbons (Fsp3) is 1.00. The minimum Gasteiger partial charge on any atom is -0.378 e. The molecule has 1 saturated carbocycles. The first-order valence-corrected chi connectivity index (χ1v) is 8.28. The van der Waals surface area contributed by atoms with Crippen molar-refractivity contribution < 1.29 is 9.47 Å². The number of hydrogen-bond acceptors (Lipinski definition) is 3. The molecule has 3 heteroatoms. The van der Waals surface area contributed by atoms with E-state index in [1.165, 1.54) is 38.5 Å². The molecule has 0 bridgehead atoms. The molecule has 0 spiro atoms. The van der Waals surface area contributed by atoms with Gasteiger partial charge in [0.1, 0.15) is 0 Å². The highest BCUT2D eigenvalue weighted by Gasteiger charge is 2.37. The Hall–Kier alpha value is -0.120. The van der Waals surface area contributed by atoms with Crippen LogP contribution in [0.25, 0.3) is 0 Å². The normalized spacial score (nSPS) is 29.1. The van der Waals surface area contributed by atoms with Crippen LogP contribution in [0, 0.1) is 0 Å². The van der Waals surface area contributed by atoms with Crippen molar-refractivity contribution >= 4 is 0 Å². The lowest BCUT2D eigenvalue weighted by atomic mass is 9.83. The van der Waals surface area contributed by atoms with Gasteiger partial charge in [-0.1, -0.05) is 25.7 Å². The van der Waals surface area contributed by atoms with E-state index >= 15 is 0 Å². The standard InChI is InChI=1S/C16H31NO2/c1-2-19-16(11-5-3-4-6-12-16)15(17)10-9-14-8-7-13-18-14/h14-15H,2-13,17H2,1H3. The molecule has 1 saturated heterocycles. The average Bonchev–Trinajstić information content (AvgIpc) is 2.82. The summed E-state index contributed by atoms with van der Waals surface area (Å²) in [6.45, 7) is 3.82. The molecule has 2 unspecified atom stereocenters. The van der Waals surface area contributed by atoms with Crippen LogP contribution in [0.1, 0.15) is 71.1 Å². The largest absolute Gasteiger partial charge is 0.378 e. The van der Waals surface area contributed by atoms with Crippen LogP contribution in [0.4, 0.5) is 0 Å². The second-order valence-corrected chi connectivity index (χ2v) is 6.23. The molecule has 2 N–H and O–H groups in total. The lowest BCUT2D eigenvalue weighted by molar-refractivity contribution is -0.0720. The minimum absolute atomic E-state index is 0.0517. The maximum atomic E-state index is 6.54. The van der Waals surface area contributed by atoms with Crippen LogP contribution >= 0.6 is 0 Å². The van der Waals surface area contributed by atoms with E-state index in [1.54, 1.807) is 0 Å². The first-order chi connectivity index (χ1) is 9.27. The van der Waals surface area contributed by atoms with Crippen molar-refractivity contribution in [3.05, 3.63) is 0 Å². The molecular weight excluding hydrogens is 238 g/mol. The molecule has 0 amide bonds. The third-order valence-electron chi connectivity index (χ3n) is 4.88. The highest BCUT2D eigenvalue weighted by molar-refractivity contribution is 4.93. The molecule has 0 aromatic heterocycles. The fourth-order valence-electron chi connectivity index (χ4n) is 3.74. The molecule has 2 fully saturated rings. The molecule has 2 rings (SSSR count). The van der Waals surface area contributed by atoms with Gasteiger partial charge in [0.15, 0.2) is 0 Å². The van der Waals surface area contributed by atoms with Crippen molar-refractivity contribution in [2.75, 3.05) is 13.2 Å². The van der Waals surface area contributed by atoms with E-state index in [0.29, 0.717) is 6.10 Å².